The molecule has 3 heterocycles. The van der Waals surface area contributed by atoms with Crippen LogP contribution in [0.2, 0.25) is 0 Å². The fourth-order valence-corrected chi connectivity index (χ4v) is 4.02. The van der Waals surface area contributed by atoms with E-state index in [-0.39, 0.29) is 11.9 Å². The summed E-state index contributed by atoms with van der Waals surface area (Å²) in [4.78, 5) is 15.2. The highest BCUT2D eigenvalue weighted by molar-refractivity contribution is 5.95. The molecule has 0 spiro atoms. The molecule has 0 saturated carbocycles. The molecule has 0 aliphatic carbocycles. The first-order valence-corrected chi connectivity index (χ1v) is 10.0. The van der Waals surface area contributed by atoms with Crippen LogP contribution in [0.4, 0.5) is 0 Å². The number of amides is 1. The van der Waals surface area contributed by atoms with Crippen LogP contribution in [-0.4, -0.2) is 43.0 Å². The largest absolute Gasteiger partial charge is 0.336 e. The number of aryl methyl sites for hydroxylation is 2. The van der Waals surface area contributed by atoms with Crippen LogP contribution in [0.15, 0.2) is 48.9 Å². The van der Waals surface area contributed by atoms with Gasteiger partial charge in [0.05, 0.1) is 6.20 Å². The van der Waals surface area contributed by atoms with Gasteiger partial charge in [-0.15, -0.1) is 0 Å². The summed E-state index contributed by atoms with van der Waals surface area (Å²) in [7, 11) is 1.94. The standard InChI is InChI=1S/C22H27N5O/c1-17-21(16-24-25(17)2)18-7-9-19(10-8-18)22(28)27-14-4-3-6-20(27)11-15-26-13-5-12-23-26/h5,7-10,12-13,16,20H,3-4,6,11,14-15H2,1-2H3/t20-/m0/s1. The average molecular weight is 377 g/mol. The molecule has 0 bridgehead atoms. The van der Waals surface area contributed by atoms with Gasteiger partial charge in [0.15, 0.2) is 0 Å². The van der Waals surface area contributed by atoms with Gasteiger partial charge in [-0.25, -0.2) is 0 Å². The van der Waals surface area contributed by atoms with Crippen molar-refractivity contribution in [3.05, 3.63) is 60.2 Å². The number of nitrogens with zero attached hydrogens (tertiary/aromatic N) is 5. The van der Waals surface area contributed by atoms with Crippen LogP contribution in [0.5, 0.6) is 0 Å². The molecule has 0 unspecified atom stereocenters. The van der Waals surface area contributed by atoms with Gasteiger partial charge in [-0.2, -0.15) is 10.2 Å². The molecule has 0 N–H and O–H groups in total. The van der Waals surface area contributed by atoms with E-state index in [1.165, 1.54) is 6.42 Å². The minimum atomic E-state index is 0.139. The van der Waals surface area contributed by atoms with Crippen LogP contribution in [0, 0.1) is 6.92 Å². The highest BCUT2D eigenvalue weighted by Gasteiger charge is 2.27. The lowest BCUT2D eigenvalue weighted by Gasteiger charge is -2.36. The maximum Gasteiger partial charge on any atom is 0.254 e. The number of piperidine rings is 1. The SMILES string of the molecule is Cc1c(-c2ccc(C(=O)N3CCCC[C@H]3CCn3cccn3)cc2)cnn1C. The molecular weight excluding hydrogens is 350 g/mol. The minimum absolute atomic E-state index is 0.139. The van der Waals surface area contributed by atoms with Crippen molar-refractivity contribution in [3.63, 3.8) is 0 Å². The van der Waals surface area contributed by atoms with Crippen molar-refractivity contribution >= 4 is 5.91 Å². The third kappa shape index (κ3) is 3.72. The number of rotatable bonds is 5. The first-order valence-electron chi connectivity index (χ1n) is 10.0. The Morgan fingerprint density at radius 3 is 2.68 bits per heavy atom. The number of aromatic nitrogens is 4. The third-order valence-electron chi connectivity index (χ3n) is 5.82. The molecule has 6 nitrogen and oxygen atoms in total. The van der Waals surface area contributed by atoms with Crippen LogP contribution < -0.4 is 0 Å². The summed E-state index contributed by atoms with van der Waals surface area (Å²) in [5.74, 6) is 0.139. The molecule has 2 aromatic heterocycles. The van der Waals surface area contributed by atoms with E-state index < -0.39 is 0 Å². The van der Waals surface area contributed by atoms with Gasteiger partial charge in [0.2, 0.25) is 0 Å². The molecule has 4 rings (SSSR count). The van der Waals surface area contributed by atoms with Gasteiger partial charge in [0.25, 0.3) is 5.91 Å². The van der Waals surface area contributed by atoms with Crippen molar-refractivity contribution in [2.75, 3.05) is 6.54 Å². The fourth-order valence-electron chi connectivity index (χ4n) is 4.02. The zero-order valence-corrected chi connectivity index (χ0v) is 16.6. The number of benzene rings is 1. The maximum atomic E-state index is 13.2. The zero-order valence-electron chi connectivity index (χ0n) is 16.6. The van der Waals surface area contributed by atoms with Crippen molar-refractivity contribution in [1.29, 1.82) is 0 Å². The van der Waals surface area contributed by atoms with Crippen molar-refractivity contribution in [1.82, 2.24) is 24.5 Å². The van der Waals surface area contributed by atoms with E-state index in [2.05, 4.69) is 22.0 Å². The van der Waals surface area contributed by atoms with Crippen LogP contribution in [-0.2, 0) is 13.6 Å². The molecular formula is C22H27N5O. The molecule has 28 heavy (non-hydrogen) atoms. The van der Waals surface area contributed by atoms with Crippen LogP contribution in [0.3, 0.4) is 0 Å². The summed E-state index contributed by atoms with van der Waals surface area (Å²) in [6.07, 6.45) is 9.94. The first kappa shape index (κ1) is 18.5. The third-order valence-corrected chi connectivity index (χ3v) is 5.82. The van der Waals surface area contributed by atoms with Gasteiger partial charge >= 0.3 is 0 Å². The minimum Gasteiger partial charge on any atom is -0.336 e. The maximum absolute atomic E-state index is 13.2. The Balaban J connectivity index is 1.48. The molecule has 1 aliphatic rings. The van der Waals surface area contributed by atoms with E-state index in [0.29, 0.717) is 0 Å². The normalized spacial score (nSPS) is 17.1. The molecule has 1 fully saturated rings. The summed E-state index contributed by atoms with van der Waals surface area (Å²) < 4.78 is 3.81. The van der Waals surface area contributed by atoms with E-state index >= 15 is 0 Å². The molecule has 1 aliphatic heterocycles. The Kier molecular flexibility index (Phi) is 5.28. The topological polar surface area (TPSA) is 56.0 Å². The summed E-state index contributed by atoms with van der Waals surface area (Å²) >= 11 is 0. The Labute approximate surface area is 165 Å². The summed E-state index contributed by atoms with van der Waals surface area (Å²) in [6.45, 7) is 3.74. The van der Waals surface area contributed by atoms with Gasteiger partial charge in [0, 0.05) is 55.4 Å². The fraction of sp³-hybridized carbons (Fsp3) is 0.409. The highest BCUT2D eigenvalue weighted by Crippen LogP contribution is 2.26. The smallest absolute Gasteiger partial charge is 0.254 e. The van der Waals surface area contributed by atoms with E-state index in [9.17, 15) is 4.79 Å². The van der Waals surface area contributed by atoms with Gasteiger partial charge in [0.1, 0.15) is 0 Å². The second-order valence-electron chi connectivity index (χ2n) is 7.55. The molecule has 1 saturated heterocycles. The molecule has 1 aromatic carbocycles. The van der Waals surface area contributed by atoms with E-state index in [1.54, 1.807) is 6.20 Å². The number of hydrogen-bond donors (Lipinski definition) is 0. The van der Waals surface area contributed by atoms with E-state index in [0.717, 1.165) is 54.7 Å². The van der Waals surface area contributed by atoms with Crippen LogP contribution in [0.25, 0.3) is 11.1 Å². The summed E-state index contributed by atoms with van der Waals surface area (Å²) in [5.41, 5.74) is 4.08. The van der Waals surface area contributed by atoms with Gasteiger partial charge in [-0.3, -0.25) is 14.2 Å². The van der Waals surface area contributed by atoms with Crippen molar-refractivity contribution in [2.45, 2.75) is 45.2 Å². The second-order valence-corrected chi connectivity index (χ2v) is 7.55. The predicted molar refractivity (Wildman–Crippen MR) is 109 cm³/mol. The molecule has 1 amide bonds. The Hall–Kier alpha value is -2.89. The molecule has 3 aromatic rings. The quantitative estimate of drug-likeness (QED) is 0.682. The lowest BCUT2D eigenvalue weighted by Crippen LogP contribution is -2.44. The lowest BCUT2D eigenvalue weighted by atomic mass is 9.97. The van der Waals surface area contributed by atoms with Crippen molar-refractivity contribution < 1.29 is 4.79 Å². The monoisotopic (exact) mass is 377 g/mol. The lowest BCUT2D eigenvalue weighted by molar-refractivity contribution is 0.0594. The van der Waals surface area contributed by atoms with Crippen LogP contribution >= 0.6 is 0 Å². The van der Waals surface area contributed by atoms with E-state index in [4.69, 9.17) is 0 Å². The number of carbonyl (C=O) groups excluding carboxylic acids is 1. The molecule has 6 heteroatoms. The first-order chi connectivity index (χ1) is 13.6. The Bertz CT molecular complexity index is 927. The zero-order chi connectivity index (χ0) is 19.5. The van der Waals surface area contributed by atoms with Gasteiger partial charge < -0.3 is 4.90 Å². The molecule has 0 radical (unpaired) electrons. The molecule has 1 atom stereocenters. The van der Waals surface area contributed by atoms with Crippen molar-refractivity contribution in [2.24, 2.45) is 7.05 Å². The summed E-state index contributed by atoms with van der Waals surface area (Å²) in [6, 6.07) is 10.2. The highest BCUT2D eigenvalue weighted by atomic mass is 16.2. The van der Waals surface area contributed by atoms with Crippen molar-refractivity contribution in [3.8, 4) is 11.1 Å². The predicted octanol–water partition coefficient (Wildman–Crippen LogP) is 3.68. The van der Waals surface area contributed by atoms with E-state index in [1.807, 2.05) is 59.1 Å². The molecule has 146 valence electrons. The summed E-state index contributed by atoms with van der Waals surface area (Å²) in [5, 5.41) is 8.59. The average Bonchev–Trinajstić information content (AvgIpc) is 3.37. The van der Waals surface area contributed by atoms with Crippen LogP contribution in [0.1, 0.15) is 41.7 Å². The van der Waals surface area contributed by atoms with Gasteiger partial charge in [-0.1, -0.05) is 12.1 Å². The Morgan fingerprint density at radius 1 is 1.18 bits per heavy atom. The van der Waals surface area contributed by atoms with Gasteiger partial charge in [-0.05, 0) is 56.4 Å². The number of carbonyl (C=O) groups is 1. The second kappa shape index (κ2) is 8.00. The number of likely N-dealkylation sites (tertiary alicyclic amines) is 1. The Morgan fingerprint density at radius 2 is 2.00 bits per heavy atom. The number of hydrogen-bond acceptors (Lipinski definition) is 3.